The summed E-state index contributed by atoms with van der Waals surface area (Å²) in [5.41, 5.74) is 1.00. The van der Waals surface area contributed by atoms with Crippen molar-refractivity contribution in [3.05, 3.63) is 34.9 Å². The number of aliphatic hydroxyl groups is 2. The molecule has 3 N–H and O–H groups in total. The number of nitrogens with one attached hydrogen (secondary N) is 1. The van der Waals surface area contributed by atoms with E-state index in [9.17, 15) is 10.2 Å². The number of rotatable bonds is 10. The fourth-order valence-corrected chi connectivity index (χ4v) is 1.75. The highest BCUT2D eigenvalue weighted by Crippen LogP contribution is 2.10. The zero-order valence-corrected chi connectivity index (χ0v) is 12.3. The normalized spacial score (nSPS) is 14.2. The van der Waals surface area contributed by atoms with Gasteiger partial charge in [-0.15, -0.1) is 0 Å². The van der Waals surface area contributed by atoms with Crippen LogP contribution in [-0.4, -0.2) is 55.8 Å². The monoisotopic (exact) mass is 303 g/mol. The summed E-state index contributed by atoms with van der Waals surface area (Å²) in [6, 6.07) is 7.37. The first-order valence-electron chi connectivity index (χ1n) is 6.49. The Bertz CT molecular complexity index is 361. The molecule has 0 aromatic heterocycles. The second-order valence-electron chi connectivity index (χ2n) is 4.56. The molecule has 0 aliphatic rings. The van der Waals surface area contributed by atoms with Gasteiger partial charge in [0.15, 0.2) is 0 Å². The van der Waals surface area contributed by atoms with Crippen molar-refractivity contribution in [3.8, 4) is 0 Å². The molecule has 0 spiro atoms. The van der Waals surface area contributed by atoms with Crippen LogP contribution in [0.3, 0.4) is 0 Å². The molecule has 1 aromatic rings. The van der Waals surface area contributed by atoms with Crippen LogP contribution < -0.4 is 5.32 Å². The van der Waals surface area contributed by atoms with E-state index in [1.807, 2.05) is 12.1 Å². The van der Waals surface area contributed by atoms with Gasteiger partial charge in [-0.25, -0.2) is 0 Å². The Morgan fingerprint density at radius 1 is 1.10 bits per heavy atom. The van der Waals surface area contributed by atoms with E-state index >= 15 is 0 Å². The minimum absolute atomic E-state index is 0.232. The van der Waals surface area contributed by atoms with Crippen LogP contribution in [-0.2, 0) is 16.1 Å². The van der Waals surface area contributed by atoms with Gasteiger partial charge in [-0.3, -0.25) is 0 Å². The van der Waals surface area contributed by atoms with E-state index in [2.05, 4.69) is 5.32 Å². The predicted octanol–water partition coefficient (Wildman–Crippen LogP) is 0.814. The van der Waals surface area contributed by atoms with Crippen molar-refractivity contribution in [2.45, 2.75) is 18.8 Å². The molecule has 0 saturated carbocycles. The molecule has 0 bridgehead atoms. The van der Waals surface area contributed by atoms with E-state index in [1.165, 1.54) is 7.11 Å². The smallest absolute Gasteiger partial charge is 0.0897 e. The third-order valence-corrected chi connectivity index (χ3v) is 2.86. The number of ether oxygens (including phenoxy) is 2. The van der Waals surface area contributed by atoms with Crippen LogP contribution in [0.4, 0.5) is 0 Å². The third kappa shape index (κ3) is 7.79. The maximum Gasteiger partial charge on any atom is 0.0897 e. The first-order valence-corrected chi connectivity index (χ1v) is 6.87. The summed E-state index contributed by atoms with van der Waals surface area (Å²) in [5.74, 6) is 0. The van der Waals surface area contributed by atoms with E-state index in [4.69, 9.17) is 21.1 Å². The van der Waals surface area contributed by atoms with Crippen molar-refractivity contribution in [1.82, 2.24) is 5.32 Å². The molecule has 0 heterocycles. The molecule has 2 atom stereocenters. The lowest BCUT2D eigenvalue weighted by atomic mass is 10.2. The standard InChI is InChI=1S/C14H22ClNO4/c1-19-9-13(17)6-16-7-14(18)10-20-8-11-2-4-12(15)5-3-11/h2-5,13-14,16-18H,6-10H2,1H3. The Balaban J connectivity index is 2.08. The Morgan fingerprint density at radius 2 is 1.70 bits per heavy atom. The average molecular weight is 304 g/mol. The summed E-state index contributed by atoms with van der Waals surface area (Å²) in [6.07, 6.45) is -1.18. The zero-order chi connectivity index (χ0) is 14.8. The van der Waals surface area contributed by atoms with Crippen molar-refractivity contribution in [3.63, 3.8) is 0 Å². The fourth-order valence-electron chi connectivity index (χ4n) is 1.62. The van der Waals surface area contributed by atoms with Gasteiger partial charge in [-0.1, -0.05) is 23.7 Å². The second-order valence-corrected chi connectivity index (χ2v) is 5.00. The van der Waals surface area contributed by atoms with Crippen molar-refractivity contribution in [1.29, 1.82) is 0 Å². The highest BCUT2D eigenvalue weighted by molar-refractivity contribution is 6.30. The van der Waals surface area contributed by atoms with E-state index in [0.717, 1.165) is 5.56 Å². The highest BCUT2D eigenvalue weighted by atomic mass is 35.5. The van der Waals surface area contributed by atoms with Crippen LogP contribution in [0.2, 0.25) is 5.02 Å². The molecule has 1 aromatic carbocycles. The molecule has 0 fully saturated rings. The molecular weight excluding hydrogens is 282 g/mol. The minimum Gasteiger partial charge on any atom is -0.389 e. The Labute approximate surface area is 124 Å². The van der Waals surface area contributed by atoms with Crippen LogP contribution in [0, 0.1) is 0 Å². The molecule has 6 heteroatoms. The summed E-state index contributed by atoms with van der Waals surface area (Å²) in [5, 5.41) is 22.7. The number of halogens is 1. The summed E-state index contributed by atoms with van der Waals surface area (Å²) < 4.78 is 10.2. The number of hydrogen-bond acceptors (Lipinski definition) is 5. The van der Waals surface area contributed by atoms with Gasteiger partial charge in [0.05, 0.1) is 32.0 Å². The van der Waals surface area contributed by atoms with Gasteiger partial charge in [-0.05, 0) is 17.7 Å². The molecule has 0 radical (unpaired) electrons. The maximum atomic E-state index is 9.69. The lowest BCUT2D eigenvalue weighted by Crippen LogP contribution is -2.36. The number of benzene rings is 1. The van der Waals surface area contributed by atoms with Crippen molar-refractivity contribution < 1.29 is 19.7 Å². The van der Waals surface area contributed by atoms with Crippen LogP contribution in [0.15, 0.2) is 24.3 Å². The average Bonchev–Trinajstić information content (AvgIpc) is 2.41. The predicted molar refractivity (Wildman–Crippen MR) is 77.9 cm³/mol. The summed E-state index contributed by atoms with van der Waals surface area (Å²) >= 11 is 5.78. The molecule has 20 heavy (non-hydrogen) atoms. The second kappa shape index (κ2) is 10.1. The molecule has 0 amide bonds. The molecule has 0 aliphatic carbocycles. The first kappa shape index (κ1) is 17.4. The summed E-state index contributed by atoms with van der Waals surface area (Å²) in [6.45, 7) is 1.68. The van der Waals surface area contributed by atoms with E-state index < -0.39 is 12.2 Å². The Morgan fingerprint density at radius 3 is 2.30 bits per heavy atom. The number of hydrogen-bond donors (Lipinski definition) is 3. The van der Waals surface area contributed by atoms with Crippen LogP contribution in [0.1, 0.15) is 5.56 Å². The molecule has 0 aliphatic heterocycles. The van der Waals surface area contributed by atoms with Gasteiger partial charge in [-0.2, -0.15) is 0 Å². The van der Waals surface area contributed by atoms with Gasteiger partial charge in [0.1, 0.15) is 0 Å². The summed E-state index contributed by atoms with van der Waals surface area (Å²) in [4.78, 5) is 0. The molecule has 0 saturated heterocycles. The van der Waals surface area contributed by atoms with E-state index in [0.29, 0.717) is 24.7 Å². The van der Waals surface area contributed by atoms with Crippen LogP contribution in [0.5, 0.6) is 0 Å². The summed E-state index contributed by atoms with van der Waals surface area (Å²) in [7, 11) is 1.53. The Hall–Kier alpha value is -0.690. The lowest BCUT2D eigenvalue weighted by Gasteiger charge is -2.14. The number of methoxy groups -OCH3 is 1. The topological polar surface area (TPSA) is 71.0 Å². The fraction of sp³-hybridized carbons (Fsp3) is 0.571. The van der Waals surface area contributed by atoms with Gasteiger partial charge >= 0.3 is 0 Å². The molecule has 1 rings (SSSR count). The van der Waals surface area contributed by atoms with Crippen molar-refractivity contribution >= 4 is 11.6 Å². The van der Waals surface area contributed by atoms with Gasteiger partial charge in [0.2, 0.25) is 0 Å². The Kier molecular flexibility index (Phi) is 8.77. The van der Waals surface area contributed by atoms with Gasteiger partial charge in [0, 0.05) is 25.2 Å². The van der Waals surface area contributed by atoms with Crippen molar-refractivity contribution in [2.75, 3.05) is 33.4 Å². The zero-order valence-electron chi connectivity index (χ0n) is 11.6. The lowest BCUT2D eigenvalue weighted by molar-refractivity contribution is 0.0242. The molecular formula is C14H22ClNO4. The molecule has 5 nitrogen and oxygen atoms in total. The largest absolute Gasteiger partial charge is 0.389 e. The first-order chi connectivity index (χ1) is 9.61. The van der Waals surface area contributed by atoms with Crippen LogP contribution >= 0.6 is 11.6 Å². The third-order valence-electron chi connectivity index (χ3n) is 2.61. The van der Waals surface area contributed by atoms with Gasteiger partial charge in [0.25, 0.3) is 0 Å². The maximum absolute atomic E-state index is 9.69. The van der Waals surface area contributed by atoms with Gasteiger partial charge < -0.3 is 25.0 Å². The van der Waals surface area contributed by atoms with Crippen LogP contribution in [0.25, 0.3) is 0 Å². The minimum atomic E-state index is -0.614. The SMILES string of the molecule is COCC(O)CNCC(O)COCc1ccc(Cl)cc1. The molecule has 2 unspecified atom stereocenters. The van der Waals surface area contributed by atoms with Crippen molar-refractivity contribution in [2.24, 2.45) is 0 Å². The molecule has 114 valence electrons. The quantitative estimate of drug-likeness (QED) is 0.597. The number of aliphatic hydroxyl groups excluding tert-OH is 2. The van der Waals surface area contributed by atoms with E-state index in [1.54, 1.807) is 12.1 Å². The van der Waals surface area contributed by atoms with E-state index in [-0.39, 0.29) is 13.2 Å². The highest BCUT2D eigenvalue weighted by Gasteiger charge is 2.07.